The molecule has 0 aliphatic carbocycles. The highest BCUT2D eigenvalue weighted by Crippen LogP contribution is 2.34. The lowest BCUT2D eigenvalue weighted by Crippen LogP contribution is -2.47. The van der Waals surface area contributed by atoms with E-state index >= 15 is 0 Å². The summed E-state index contributed by atoms with van der Waals surface area (Å²) in [6.45, 7) is 6.51. The standard InChI is InChI=1S/C16H19ClF3N5O/c1-3-13-22-15(26-23-13)10(2)24-4-6-25(7-5-24)14-12(17)8-11(9-21-14)16(18,19)20/h8-10H,3-7H2,1-2H3. The number of hydrogen-bond donors (Lipinski definition) is 0. The Morgan fingerprint density at radius 3 is 2.50 bits per heavy atom. The van der Waals surface area contributed by atoms with E-state index in [1.165, 1.54) is 0 Å². The maximum atomic E-state index is 12.7. The molecule has 1 aliphatic heterocycles. The molecule has 1 aliphatic rings. The van der Waals surface area contributed by atoms with Crippen LogP contribution in [0.25, 0.3) is 0 Å². The molecule has 1 unspecified atom stereocenters. The largest absolute Gasteiger partial charge is 0.417 e. The van der Waals surface area contributed by atoms with E-state index < -0.39 is 11.7 Å². The number of pyridine rings is 1. The molecule has 1 fully saturated rings. The van der Waals surface area contributed by atoms with E-state index in [0.717, 1.165) is 12.3 Å². The van der Waals surface area contributed by atoms with Crippen LogP contribution in [0.15, 0.2) is 16.8 Å². The minimum absolute atomic E-state index is 0.00538. The maximum Gasteiger partial charge on any atom is 0.417 e. The second-order valence-corrected chi connectivity index (χ2v) is 6.54. The molecule has 3 rings (SSSR count). The topological polar surface area (TPSA) is 58.3 Å². The van der Waals surface area contributed by atoms with Crippen molar-refractivity contribution in [3.8, 4) is 0 Å². The summed E-state index contributed by atoms with van der Waals surface area (Å²) in [5.74, 6) is 1.62. The number of nitrogens with zero attached hydrogens (tertiary/aromatic N) is 5. The first-order chi connectivity index (χ1) is 12.3. The van der Waals surface area contributed by atoms with Gasteiger partial charge in [-0.2, -0.15) is 18.2 Å². The molecule has 2 aromatic rings. The Kier molecular flexibility index (Phi) is 5.38. The van der Waals surface area contributed by atoms with Gasteiger partial charge in [-0.3, -0.25) is 4.90 Å². The third-order valence-corrected chi connectivity index (χ3v) is 4.75. The molecule has 1 atom stereocenters. The van der Waals surface area contributed by atoms with Gasteiger partial charge in [0.05, 0.1) is 16.6 Å². The van der Waals surface area contributed by atoms with Gasteiger partial charge >= 0.3 is 6.18 Å². The third-order valence-electron chi connectivity index (χ3n) is 4.47. The summed E-state index contributed by atoms with van der Waals surface area (Å²) in [6, 6.07) is 0.893. The van der Waals surface area contributed by atoms with Crippen LogP contribution in [0.4, 0.5) is 19.0 Å². The summed E-state index contributed by atoms with van der Waals surface area (Å²) in [4.78, 5) is 12.3. The van der Waals surface area contributed by atoms with Gasteiger partial charge < -0.3 is 9.42 Å². The lowest BCUT2D eigenvalue weighted by atomic mass is 10.2. The summed E-state index contributed by atoms with van der Waals surface area (Å²) < 4.78 is 43.5. The van der Waals surface area contributed by atoms with E-state index in [4.69, 9.17) is 16.1 Å². The first-order valence-corrected chi connectivity index (χ1v) is 8.71. The highest BCUT2D eigenvalue weighted by atomic mass is 35.5. The zero-order chi connectivity index (χ0) is 18.9. The van der Waals surface area contributed by atoms with Gasteiger partial charge in [-0.05, 0) is 13.0 Å². The van der Waals surface area contributed by atoms with Crippen molar-refractivity contribution in [1.29, 1.82) is 0 Å². The summed E-state index contributed by atoms with van der Waals surface area (Å²) >= 11 is 6.03. The van der Waals surface area contributed by atoms with Crippen LogP contribution < -0.4 is 4.90 Å². The van der Waals surface area contributed by atoms with E-state index in [-0.39, 0.29) is 11.1 Å². The van der Waals surface area contributed by atoms with Crippen LogP contribution in [0.1, 0.15) is 37.2 Å². The van der Waals surface area contributed by atoms with Crippen molar-refractivity contribution in [2.75, 3.05) is 31.1 Å². The smallest absolute Gasteiger partial charge is 0.353 e. The number of aromatic nitrogens is 3. The number of alkyl halides is 3. The molecule has 6 nitrogen and oxygen atoms in total. The van der Waals surface area contributed by atoms with E-state index in [1.54, 1.807) is 0 Å². The number of piperazine rings is 1. The molecular formula is C16H19ClF3N5O. The molecule has 0 bridgehead atoms. The SMILES string of the molecule is CCc1noc(C(C)N2CCN(c3ncc(C(F)(F)F)cc3Cl)CC2)n1. The third kappa shape index (κ3) is 3.93. The van der Waals surface area contributed by atoms with Gasteiger partial charge in [0.15, 0.2) is 5.82 Å². The molecule has 0 amide bonds. The van der Waals surface area contributed by atoms with Crippen molar-refractivity contribution < 1.29 is 17.7 Å². The molecule has 1 saturated heterocycles. The zero-order valence-electron chi connectivity index (χ0n) is 14.4. The summed E-state index contributed by atoms with van der Waals surface area (Å²) in [7, 11) is 0. The van der Waals surface area contributed by atoms with E-state index in [0.29, 0.717) is 50.1 Å². The predicted molar refractivity (Wildman–Crippen MR) is 90.1 cm³/mol. The Bertz CT molecular complexity index is 759. The fourth-order valence-corrected chi connectivity index (χ4v) is 3.16. The van der Waals surface area contributed by atoms with Crippen LogP contribution in [0.3, 0.4) is 0 Å². The molecule has 0 N–H and O–H groups in total. The lowest BCUT2D eigenvalue weighted by molar-refractivity contribution is -0.137. The Balaban J connectivity index is 1.65. The van der Waals surface area contributed by atoms with Crippen LogP contribution >= 0.6 is 11.6 Å². The average molecular weight is 390 g/mol. The average Bonchev–Trinajstić information content (AvgIpc) is 3.09. The molecule has 26 heavy (non-hydrogen) atoms. The minimum Gasteiger partial charge on any atom is -0.353 e. The number of hydrogen-bond acceptors (Lipinski definition) is 6. The van der Waals surface area contributed by atoms with Gasteiger partial charge in [-0.1, -0.05) is 23.7 Å². The highest BCUT2D eigenvalue weighted by Gasteiger charge is 2.33. The van der Waals surface area contributed by atoms with E-state index in [9.17, 15) is 13.2 Å². The van der Waals surface area contributed by atoms with Gasteiger partial charge in [0.1, 0.15) is 5.82 Å². The van der Waals surface area contributed by atoms with Gasteiger partial charge in [-0.25, -0.2) is 4.98 Å². The molecule has 0 saturated carbocycles. The second-order valence-electron chi connectivity index (χ2n) is 6.13. The van der Waals surface area contributed by atoms with Crippen LogP contribution in [0.2, 0.25) is 5.02 Å². The first kappa shape index (κ1) is 18.9. The van der Waals surface area contributed by atoms with Crippen molar-refractivity contribution in [2.45, 2.75) is 32.5 Å². The van der Waals surface area contributed by atoms with Crippen molar-refractivity contribution in [2.24, 2.45) is 0 Å². The zero-order valence-corrected chi connectivity index (χ0v) is 15.2. The second kappa shape index (κ2) is 7.40. The summed E-state index contributed by atoms with van der Waals surface area (Å²) in [5.41, 5.74) is -0.846. The Morgan fingerprint density at radius 2 is 1.96 bits per heavy atom. The van der Waals surface area contributed by atoms with Gasteiger partial charge in [-0.15, -0.1) is 0 Å². The van der Waals surface area contributed by atoms with Crippen LogP contribution in [0.5, 0.6) is 0 Å². The molecule has 0 spiro atoms. The Labute approximate surface area is 153 Å². The number of aryl methyl sites for hydroxylation is 1. The Hall–Kier alpha value is -1.87. The molecule has 10 heteroatoms. The Morgan fingerprint density at radius 1 is 1.27 bits per heavy atom. The van der Waals surface area contributed by atoms with Crippen molar-refractivity contribution >= 4 is 17.4 Å². The van der Waals surface area contributed by atoms with E-state index in [1.807, 2.05) is 18.7 Å². The van der Waals surface area contributed by atoms with Crippen LogP contribution in [0, 0.1) is 0 Å². The van der Waals surface area contributed by atoms with Crippen molar-refractivity contribution in [3.63, 3.8) is 0 Å². The number of anilines is 1. The highest BCUT2D eigenvalue weighted by molar-refractivity contribution is 6.33. The predicted octanol–water partition coefficient (Wildman–Crippen LogP) is 3.58. The molecule has 0 radical (unpaired) electrons. The molecule has 0 aromatic carbocycles. The van der Waals surface area contributed by atoms with Gasteiger partial charge in [0, 0.05) is 38.8 Å². The monoisotopic (exact) mass is 389 g/mol. The quantitative estimate of drug-likeness (QED) is 0.796. The summed E-state index contributed by atoms with van der Waals surface area (Å²) in [5, 5.41) is 3.92. The molecule has 2 aromatic heterocycles. The maximum absolute atomic E-state index is 12.7. The first-order valence-electron chi connectivity index (χ1n) is 8.33. The normalized spacial score (nSPS) is 17.5. The number of rotatable bonds is 4. The van der Waals surface area contributed by atoms with Gasteiger partial charge in [0.25, 0.3) is 0 Å². The summed E-state index contributed by atoms with van der Waals surface area (Å²) in [6.07, 6.45) is -2.92. The van der Waals surface area contributed by atoms with Crippen molar-refractivity contribution in [3.05, 3.63) is 34.6 Å². The molecule has 3 heterocycles. The minimum atomic E-state index is -4.45. The number of halogens is 4. The fraction of sp³-hybridized carbons (Fsp3) is 0.562. The fourth-order valence-electron chi connectivity index (χ4n) is 2.88. The molecular weight excluding hydrogens is 371 g/mol. The van der Waals surface area contributed by atoms with E-state index in [2.05, 4.69) is 20.0 Å². The lowest BCUT2D eigenvalue weighted by Gasteiger charge is -2.37. The van der Waals surface area contributed by atoms with Crippen LogP contribution in [-0.2, 0) is 12.6 Å². The van der Waals surface area contributed by atoms with Gasteiger partial charge in [0.2, 0.25) is 5.89 Å². The van der Waals surface area contributed by atoms with Crippen molar-refractivity contribution in [1.82, 2.24) is 20.0 Å². The molecule has 142 valence electrons. The van der Waals surface area contributed by atoms with Crippen LogP contribution in [-0.4, -0.2) is 46.2 Å².